The third-order valence-electron chi connectivity index (χ3n) is 4.83. The van der Waals surface area contributed by atoms with Crippen LogP contribution in [0.4, 0.5) is 5.82 Å². The topological polar surface area (TPSA) is 65.1 Å². The van der Waals surface area contributed by atoms with Crippen molar-refractivity contribution < 1.29 is 4.79 Å². The number of hydrogen-bond acceptors (Lipinski definition) is 4. The number of fused-ring (bicyclic) bond motifs is 1. The Hall–Kier alpha value is -2.11. The van der Waals surface area contributed by atoms with Crippen molar-refractivity contribution in [3.05, 3.63) is 18.6 Å². The molecule has 4 heterocycles. The number of hydrogen-bond donors (Lipinski definition) is 1. The average molecular weight is 299 g/mol. The molecule has 4 rings (SSSR count). The minimum atomic E-state index is 0.325. The van der Waals surface area contributed by atoms with Gasteiger partial charge in [0.05, 0.1) is 5.39 Å². The summed E-state index contributed by atoms with van der Waals surface area (Å²) in [6.07, 6.45) is 8.61. The highest BCUT2D eigenvalue weighted by Crippen LogP contribution is 2.27. The van der Waals surface area contributed by atoms with Gasteiger partial charge in [-0.05, 0) is 31.7 Å². The Morgan fingerprint density at radius 1 is 1.18 bits per heavy atom. The van der Waals surface area contributed by atoms with Gasteiger partial charge in [-0.2, -0.15) is 0 Å². The summed E-state index contributed by atoms with van der Waals surface area (Å²) in [5.74, 6) is 1.31. The minimum Gasteiger partial charge on any atom is -0.354 e. The quantitative estimate of drug-likeness (QED) is 0.920. The molecule has 1 amide bonds. The number of likely N-dealkylation sites (tertiary alicyclic amines) is 1. The van der Waals surface area contributed by atoms with Crippen LogP contribution in [-0.4, -0.2) is 51.4 Å². The summed E-state index contributed by atoms with van der Waals surface area (Å²) in [7, 11) is 0. The molecule has 6 nitrogen and oxygen atoms in total. The predicted octanol–water partition coefficient (Wildman–Crippen LogP) is 1.94. The smallest absolute Gasteiger partial charge is 0.222 e. The van der Waals surface area contributed by atoms with Crippen LogP contribution in [0, 0.1) is 0 Å². The second-order valence-corrected chi connectivity index (χ2v) is 6.22. The van der Waals surface area contributed by atoms with Gasteiger partial charge in [0.1, 0.15) is 17.8 Å². The van der Waals surface area contributed by atoms with Gasteiger partial charge < -0.3 is 14.8 Å². The zero-order chi connectivity index (χ0) is 14.9. The molecule has 2 aliphatic heterocycles. The first-order valence-corrected chi connectivity index (χ1v) is 8.15. The van der Waals surface area contributed by atoms with Crippen LogP contribution < -0.4 is 4.90 Å². The fraction of sp³-hybridized carbons (Fsp3) is 0.562. The summed E-state index contributed by atoms with van der Waals surface area (Å²) in [6.45, 7) is 2.79. The number of nitrogens with zero attached hydrogens (tertiary/aromatic N) is 4. The monoisotopic (exact) mass is 299 g/mol. The zero-order valence-electron chi connectivity index (χ0n) is 12.7. The van der Waals surface area contributed by atoms with E-state index < -0.39 is 0 Å². The normalized spacial score (nSPS) is 23.3. The van der Waals surface area contributed by atoms with Gasteiger partial charge in [0, 0.05) is 38.3 Å². The van der Waals surface area contributed by atoms with E-state index in [1.807, 2.05) is 12.3 Å². The summed E-state index contributed by atoms with van der Waals surface area (Å²) in [5, 5.41) is 1.06. The second-order valence-electron chi connectivity index (χ2n) is 6.22. The molecule has 22 heavy (non-hydrogen) atoms. The van der Waals surface area contributed by atoms with Crippen molar-refractivity contribution in [2.75, 3.05) is 24.5 Å². The molecule has 1 atom stereocenters. The number of rotatable bonds is 2. The van der Waals surface area contributed by atoms with Gasteiger partial charge in [0.25, 0.3) is 0 Å². The first kappa shape index (κ1) is 13.5. The van der Waals surface area contributed by atoms with Crippen LogP contribution in [-0.2, 0) is 4.79 Å². The molecular formula is C16H21N5O. The maximum atomic E-state index is 12.2. The van der Waals surface area contributed by atoms with Crippen molar-refractivity contribution >= 4 is 22.8 Å². The lowest BCUT2D eigenvalue weighted by atomic mass is 10.00. The van der Waals surface area contributed by atoms with Crippen LogP contribution in [0.25, 0.3) is 11.0 Å². The van der Waals surface area contributed by atoms with Gasteiger partial charge >= 0.3 is 0 Å². The number of amides is 1. The Morgan fingerprint density at radius 3 is 3.05 bits per heavy atom. The Balaban J connectivity index is 1.58. The molecule has 0 aromatic carbocycles. The van der Waals surface area contributed by atoms with Crippen LogP contribution >= 0.6 is 0 Å². The number of carbonyl (C=O) groups is 1. The molecule has 0 bridgehead atoms. The van der Waals surface area contributed by atoms with Crippen molar-refractivity contribution in [2.24, 2.45) is 0 Å². The van der Waals surface area contributed by atoms with Gasteiger partial charge in [-0.1, -0.05) is 0 Å². The molecule has 2 aliphatic rings. The average Bonchev–Trinajstić information content (AvgIpc) is 3.04. The lowest BCUT2D eigenvalue weighted by molar-refractivity contribution is -0.135. The lowest BCUT2D eigenvalue weighted by Gasteiger charge is -2.41. The Kier molecular flexibility index (Phi) is 3.44. The van der Waals surface area contributed by atoms with E-state index >= 15 is 0 Å². The number of anilines is 1. The molecule has 116 valence electrons. The number of nitrogens with one attached hydrogen (secondary N) is 1. The maximum absolute atomic E-state index is 12.2. The third kappa shape index (κ3) is 2.32. The van der Waals surface area contributed by atoms with Gasteiger partial charge in [-0.3, -0.25) is 4.79 Å². The molecule has 2 fully saturated rings. The van der Waals surface area contributed by atoms with E-state index in [4.69, 9.17) is 0 Å². The van der Waals surface area contributed by atoms with Crippen LogP contribution in [0.1, 0.15) is 32.1 Å². The molecular weight excluding hydrogens is 278 g/mol. The van der Waals surface area contributed by atoms with E-state index in [0.29, 0.717) is 18.4 Å². The standard InChI is InChI=1S/C16H21N5O/c22-14-5-1-2-9-21(14)12-4-3-8-20(10-12)16-13-6-7-17-15(13)18-11-19-16/h6-7,11-12H,1-5,8-10H2,(H,17,18,19)/t12-/m1/s1. The van der Waals surface area contributed by atoms with Crippen molar-refractivity contribution in [1.29, 1.82) is 0 Å². The number of aromatic amines is 1. The maximum Gasteiger partial charge on any atom is 0.222 e. The fourth-order valence-corrected chi connectivity index (χ4v) is 3.73. The molecule has 1 N–H and O–H groups in total. The van der Waals surface area contributed by atoms with Gasteiger partial charge in [-0.25, -0.2) is 9.97 Å². The van der Waals surface area contributed by atoms with Crippen LogP contribution in [0.3, 0.4) is 0 Å². The van der Waals surface area contributed by atoms with E-state index in [9.17, 15) is 4.79 Å². The van der Waals surface area contributed by atoms with E-state index in [0.717, 1.165) is 62.2 Å². The SMILES string of the molecule is O=C1CCCCN1[C@@H]1CCCN(c2ncnc3[nH]ccc23)C1. The molecule has 0 aliphatic carbocycles. The van der Waals surface area contributed by atoms with Crippen molar-refractivity contribution in [2.45, 2.75) is 38.1 Å². The zero-order valence-corrected chi connectivity index (χ0v) is 12.7. The third-order valence-corrected chi connectivity index (χ3v) is 4.83. The van der Waals surface area contributed by atoms with E-state index in [-0.39, 0.29) is 0 Å². The summed E-state index contributed by atoms with van der Waals surface area (Å²) in [5.41, 5.74) is 0.876. The highest BCUT2D eigenvalue weighted by atomic mass is 16.2. The Morgan fingerprint density at radius 2 is 2.14 bits per heavy atom. The van der Waals surface area contributed by atoms with Crippen LogP contribution in [0.5, 0.6) is 0 Å². The lowest BCUT2D eigenvalue weighted by Crippen LogP contribution is -2.52. The highest BCUT2D eigenvalue weighted by molar-refractivity contribution is 5.87. The molecule has 0 spiro atoms. The van der Waals surface area contributed by atoms with Crippen molar-refractivity contribution in [3.63, 3.8) is 0 Å². The molecule has 0 radical (unpaired) electrons. The first-order valence-electron chi connectivity index (χ1n) is 8.15. The summed E-state index contributed by atoms with van der Waals surface area (Å²) >= 11 is 0. The molecule has 0 saturated carbocycles. The van der Waals surface area contributed by atoms with Gasteiger partial charge in [0.15, 0.2) is 0 Å². The summed E-state index contributed by atoms with van der Waals surface area (Å²) in [4.78, 5) is 28.5. The number of piperidine rings is 2. The second kappa shape index (κ2) is 5.59. The van der Waals surface area contributed by atoms with E-state index in [1.165, 1.54) is 0 Å². The van der Waals surface area contributed by atoms with Crippen molar-refractivity contribution in [1.82, 2.24) is 19.9 Å². The molecule has 6 heteroatoms. The van der Waals surface area contributed by atoms with Crippen LogP contribution in [0.15, 0.2) is 18.6 Å². The Labute approximate surface area is 129 Å². The van der Waals surface area contributed by atoms with Gasteiger partial charge in [-0.15, -0.1) is 0 Å². The van der Waals surface area contributed by atoms with Crippen LogP contribution in [0.2, 0.25) is 0 Å². The largest absolute Gasteiger partial charge is 0.354 e. The van der Waals surface area contributed by atoms with E-state index in [2.05, 4.69) is 24.8 Å². The summed E-state index contributed by atoms with van der Waals surface area (Å²) in [6, 6.07) is 2.35. The molecule has 2 aromatic rings. The van der Waals surface area contributed by atoms with Gasteiger partial charge in [0.2, 0.25) is 5.91 Å². The predicted molar refractivity (Wildman–Crippen MR) is 84.7 cm³/mol. The van der Waals surface area contributed by atoms with E-state index in [1.54, 1.807) is 6.33 Å². The number of carbonyl (C=O) groups excluding carboxylic acids is 1. The fourth-order valence-electron chi connectivity index (χ4n) is 3.73. The highest BCUT2D eigenvalue weighted by Gasteiger charge is 2.30. The van der Waals surface area contributed by atoms with Crippen molar-refractivity contribution in [3.8, 4) is 0 Å². The molecule has 2 saturated heterocycles. The number of aromatic nitrogens is 3. The molecule has 0 unspecified atom stereocenters. The Bertz CT molecular complexity index is 682. The number of H-pyrrole nitrogens is 1. The minimum absolute atomic E-state index is 0.325. The first-order chi connectivity index (χ1) is 10.8. The molecule has 2 aromatic heterocycles. The summed E-state index contributed by atoms with van der Waals surface area (Å²) < 4.78 is 0.